The van der Waals surface area contributed by atoms with Crippen molar-refractivity contribution in [3.8, 4) is 11.4 Å². The van der Waals surface area contributed by atoms with Crippen LogP contribution in [0.4, 0.5) is 0 Å². The molecule has 0 unspecified atom stereocenters. The van der Waals surface area contributed by atoms with Gasteiger partial charge in [-0.3, -0.25) is 0 Å². The SMILES string of the molecule is CNCc1nc(-c2coc3ccccc23)no1. The van der Waals surface area contributed by atoms with Crippen LogP contribution in [0.25, 0.3) is 22.4 Å². The summed E-state index contributed by atoms with van der Waals surface area (Å²) in [6, 6.07) is 7.77. The molecule has 0 saturated heterocycles. The minimum atomic E-state index is 0.556. The maximum absolute atomic E-state index is 5.44. The molecule has 3 rings (SSSR count). The molecule has 5 nitrogen and oxygen atoms in total. The van der Waals surface area contributed by atoms with E-state index in [-0.39, 0.29) is 0 Å². The number of furan rings is 1. The molecule has 0 radical (unpaired) electrons. The lowest BCUT2D eigenvalue weighted by Gasteiger charge is -1.89. The van der Waals surface area contributed by atoms with Crippen LogP contribution in [-0.2, 0) is 6.54 Å². The van der Waals surface area contributed by atoms with Crippen molar-refractivity contribution in [1.82, 2.24) is 15.5 Å². The zero-order valence-corrected chi connectivity index (χ0v) is 9.30. The van der Waals surface area contributed by atoms with E-state index in [4.69, 9.17) is 8.94 Å². The molecule has 0 aliphatic heterocycles. The van der Waals surface area contributed by atoms with Gasteiger partial charge in [-0.1, -0.05) is 23.4 Å². The summed E-state index contributed by atoms with van der Waals surface area (Å²) in [5, 5.41) is 7.89. The zero-order valence-electron chi connectivity index (χ0n) is 9.30. The molecule has 0 atom stereocenters. The standard InChI is InChI=1S/C12H11N3O2/c1-13-6-11-14-12(15-17-11)9-7-16-10-5-3-2-4-8(9)10/h2-5,7,13H,6H2,1H3. The molecule has 2 heterocycles. The van der Waals surface area contributed by atoms with Crippen LogP contribution in [-0.4, -0.2) is 17.2 Å². The van der Waals surface area contributed by atoms with Gasteiger partial charge in [0, 0.05) is 5.39 Å². The average molecular weight is 229 g/mol. The fourth-order valence-electron chi connectivity index (χ4n) is 1.74. The number of hydrogen-bond donors (Lipinski definition) is 1. The molecule has 3 aromatic rings. The normalized spacial score (nSPS) is 11.1. The van der Waals surface area contributed by atoms with Crippen molar-refractivity contribution < 1.29 is 8.94 Å². The molecule has 0 aliphatic carbocycles. The predicted molar refractivity (Wildman–Crippen MR) is 62.3 cm³/mol. The lowest BCUT2D eigenvalue weighted by molar-refractivity contribution is 0.372. The Morgan fingerprint density at radius 3 is 3.06 bits per heavy atom. The Bertz CT molecular complexity index is 642. The quantitative estimate of drug-likeness (QED) is 0.745. The number of nitrogens with one attached hydrogen (secondary N) is 1. The molecule has 0 aliphatic rings. The van der Waals surface area contributed by atoms with E-state index >= 15 is 0 Å². The molecular formula is C12H11N3O2. The van der Waals surface area contributed by atoms with Crippen LogP contribution in [0, 0.1) is 0 Å². The van der Waals surface area contributed by atoms with Crippen molar-refractivity contribution in [3.63, 3.8) is 0 Å². The van der Waals surface area contributed by atoms with Gasteiger partial charge < -0.3 is 14.3 Å². The largest absolute Gasteiger partial charge is 0.464 e. The summed E-state index contributed by atoms with van der Waals surface area (Å²) in [7, 11) is 1.83. The minimum Gasteiger partial charge on any atom is -0.464 e. The van der Waals surface area contributed by atoms with Gasteiger partial charge >= 0.3 is 0 Å². The molecule has 0 fully saturated rings. The summed E-state index contributed by atoms with van der Waals surface area (Å²) in [6.45, 7) is 0.558. The van der Waals surface area contributed by atoms with Crippen LogP contribution in [0.5, 0.6) is 0 Å². The van der Waals surface area contributed by atoms with Crippen LogP contribution in [0.15, 0.2) is 39.5 Å². The highest BCUT2D eigenvalue weighted by molar-refractivity contribution is 5.91. The van der Waals surface area contributed by atoms with Gasteiger partial charge in [0.25, 0.3) is 0 Å². The van der Waals surface area contributed by atoms with Gasteiger partial charge in [-0.05, 0) is 13.1 Å². The van der Waals surface area contributed by atoms with Crippen LogP contribution in [0.1, 0.15) is 5.89 Å². The summed E-state index contributed by atoms with van der Waals surface area (Å²) in [5.41, 5.74) is 1.68. The lowest BCUT2D eigenvalue weighted by atomic mass is 10.2. The summed E-state index contributed by atoms with van der Waals surface area (Å²) >= 11 is 0. The van der Waals surface area contributed by atoms with Gasteiger partial charge in [-0.15, -0.1) is 0 Å². The maximum Gasteiger partial charge on any atom is 0.240 e. The second-order valence-corrected chi connectivity index (χ2v) is 3.69. The number of aromatic nitrogens is 2. The van der Waals surface area contributed by atoms with Crippen molar-refractivity contribution in [2.45, 2.75) is 6.54 Å². The zero-order chi connectivity index (χ0) is 11.7. The predicted octanol–water partition coefficient (Wildman–Crippen LogP) is 2.20. The molecule has 2 aromatic heterocycles. The second-order valence-electron chi connectivity index (χ2n) is 3.69. The minimum absolute atomic E-state index is 0.556. The summed E-state index contributed by atoms with van der Waals surface area (Å²) in [4.78, 5) is 4.29. The Labute approximate surface area is 97.4 Å². The molecular weight excluding hydrogens is 218 g/mol. The van der Waals surface area contributed by atoms with Gasteiger partial charge in [0.2, 0.25) is 11.7 Å². The fraction of sp³-hybridized carbons (Fsp3) is 0.167. The molecule has 0 bridgehead atoms. The van der Waals surface area contributed by atoms with Crippen LogP contribution in [0.2, 0.25) is 0 Å². The van der Waals surface area contributed by atoms with Crippen LogP contribution in [0.3, 0.4) is 0 Å². The van der Waals surface area contributed by atoms with E-state index in [0.717, 1.165) is 16.5 Å². The number of nitrogens with zero attached hydrogens (tertiary/aromatic N) is 2. The first-order chi connectivity index (χ1) is 8.38. The maximum atomic E-state index is 5.44. The average Bonchev–Trinajstić information content (AvgIpc) is 2.95. The van der Waals surface area contributed by atoms with Gasteiger partial charge in [0.05, 0.1) is 12.1 Å². The number of rotatable bonds is 3. The highest BCUT2D eigenvalue weighted by atomic mass is 16.5. The Balaban J connectivity index is 2.07. The Hall–Kier alpha value is -2.14. The fourth-order valence-corrected chi connectivity index (χ4v) is 1.74. The monoisotopic (exact) mass is 229 g/mol. The second kappa shape index (κ2) is 4.03. The van der Waals surface area contributed by atoms with Gasteiger partial charge in [-0.2, -0.15) is 4.98 Å². The van der Waals surface area contributed by atoms with Crippen molar-refractivity contribution in [3.05, 3.63) is 36.4 Å². The smallest absolute Gasteiger partial charge is 0.240 e. The van der Waals surface area contributed by atoms with E-state index in [1.165, 1.54) is 0 Å². The molecule has 0 spiro atoms. The highest BCUT2D eigenvalue weighted by Gasteiger charge is 2.13. The van der Waals surface area contributed by atoms with Crippen molar-refractivity contribution >= 4 is 11.0 Å². The van der Waals surface area contributed by atoms with Crippen molar-refractivity contribution in [2.24, 2.45) is 0 Å². The number of benzene rings is 1. The number of para-hydroxylation sites is 1. The van der Waals surface area contributed by atoms with Crippen molar-refractivity contribution in [2.75, 3.05) is 7.05 Å². The molecule has 5 heteroatoms. The van der Waals surface area contributed by atoms with Gasteiger partial charge in [-0.25, -0.2) is 0 Å². The van der Waals surface area contributed by atoms with E-state index < -0.39 is 0 Å². The first-order valence-electron chi connectivity index (χ1n) is 5.32. The van der Waals surface area contributed by atoms with Crippen molar-refractivity contribution in [1.29, 1.82) is 0 Å². The van der Waals surface area contributed by atoms with E-state index in [0.29, 0.717) is 18.3 Å². The molecule has 0 amide bonds. The lowest BCUT2D eigenvalue weighted by Crippen LogP contribution is -2.04. The van der Waals surface area contributed by atoms with E-state index in [1.54, 1.807) is 6.26 Å². The third-order valence-electron chi connectivity index (χ3n) is 2.52. The summed E-state index contributed by atoms with van der Waals surface area (Å²) in [6.07, 6.45) is 1.65. The first-order valence-corrected chi connectivity index (χ1v) is 5.32. The Morgan fingerprint density at radius 1 is 1.29 bits per heavy atom. The van der Waals surface area contributed by atoms with E-state index in [2.05, 4.69) is 15.5 Å². The van der Waals surface area contributed by atoms with Gasteiger partial charge in [0.15, 0.2) is 0 Å². The molecule has 86 valence electrons. The highest BCUT2D eigenvalue weighted by Crippen LogP contribution is 2.28. The Morgan fingerprint density at radius 2 is 2.18 bits per heavy atom. The third kappa shape index (κ3) is 1.70. The molecule has 0 saturated carbocycles. The van der Waals surface area contributed by atoms with Gasteiger partial charge in [0.1, 0.15) is 11.8 Å². The summed E-state index contributed by atoms with van der Waals surface area (Å²) < 4.78 is 10.5. The molecule has 1 aromatic carbocycles. The molecule has 1 N–H and O–H groups in total. The van der Waals surface area contributed by atoms with Crippen LogP contribution < -0.4 is 5.32 Å². The van der Waals surface area contributed by atoms with E-state index in [1.807, 2.05) is 31.3 Å². The van der Waals surface area contributed by atoms with E-state index in [9.17, 15) is 0 Å². The molecule has 17 heavy (non-hydrogen) atoms. The van der Waals surface area contributed by atoms with Crippen LogP contribution >= 0.6 is 0 Å². The number of fused-ring (bicyclic) bond motifs is 1. The number of hydrogen-bond acceptors (Lipinski definition) is 5. The third-order valence-corrected chi connectivity index (χ3v) is 2.52. The Kier molecular flexibility index (Phi) is 2.38. The summed E-state index contributed by atoms with van der Waals surface area (Å²) in [5.74, 6) is 1.12. The topological polar surface area (TPSA) is 64.1 Å². The first kappa shape index (κ1) is 10.0.